The Balaban J connectivity index is 2.48. The number of benzene rings is 1. The highest BCUT2D eigenvalue weighted by molar-refractivity contribution is 5.86. The third kappa shape index (κ3) is 9.63. The van der Waals surface area contributed by atoms with Crippen molar-refractivity contribution >= 4 is 18.0 Å². The lowest BCUT2D eigenvalue weighted by molar-refractivity contribution is -0.142. The summed E-state index contributed by atoms with van der Waals surface area (Å²) < 4.78 is 9.95. The second-order valence-electron chi connectivity index (χ2n) is 6.01. The van der Waals surface area contributed by atoms with Gasteiger partial charge < -0.3 is 25.0 Å². The number of carbonyl (C=O) groups is 3. The zero-order valence-corrected chi connectivity index (χ0v) is 15.5. The van der Waals surface area contributed by atoms with Crippen LogP contribution in [0.4, 0.5) is 4.79 Å². The molecule has 0 aliphatic heterocycles. The van der Waals surface area contributed by atoms with Crippen molar-refractivity contribution in [2.24, 2.45) is 0 Å². The highest BCUT2D eigenvalue weighted by Crippen LogP contribution is 2.01. The van der Waals surface area contributed by atoms with Gasteiger partial charge >= 0.3 is 12.1 Å². The summed E-state index contributed by atoms with van der Waals surface area (Å²) in [5.41, 5.74) is 0.826. The van der Waals surface area contributed by atoms with Gasteiger partial charge in [0.05, 0.1) is 0 Å². The van der Waals surface area contributed by atoms with Crippen LogP contribution in [0.5, 0.6) is 0 Å². The van der Waals surface area contributed by atoms with E-state index in [-0.39, 0.29) is 13.2 Å². The smallest absolute Gasteiger partial charge is 0.408 e. The number of esters is 1. The lowest BCUT2D eigenvalue weighted by Crippen LogP contribution is -2.50. The number of hydrogen-bond donors (Lipinski definition) is 2. The molecule has 2 amide bonds. The molecule has 0 fully saturated rings. The Labute approximate surface area is 153 Å². The molecule has 1 atom stereocenters. The van der Waals surface area contributed by atoms with Gasteiger partial charge in [0, 0.05) is 13.5 Å². The maximum atomic E-state index is 12.2. The van der Waals surface area contributed by atoms with Crippen LogP contribution in [0.2, 0.25) is 0 Å². The number of ether oxygens (including phenoxy) is 2. The Morgan fingerprint density at radius 1 is 1.12 bits per heavy atom. The Hall–Kier alpha value is -2.61. The topological polar surface area (TPSA) is 97.0 Å². The first-order valence-electron chi connectivity index (χ1n) is 8.41. The number of hydrogen-bond acceptors (Lipinski definition) is 6. The van der Waals surface area contributed by atoms with Gasteiger partial charge in [-0.25, -0.2) is 4.79 Å². The highest BCUT2D eigenvalue weighted by atomic mass is 16.6. The van der Waals surface area contributed by atoms with Gasteiger partial charge in [-0.2, -0.15) is 0 Å². The van der Waals surface area contributed by atoms with Crippen molar-refractivity contribution in [3.05, 3.63) is 35.9 Å². The summed E-state index contributed by atoms with van der Waals surface area (Å²) in [6.07, 6.45) is 0.00625. The average molecular weight is 365 g/mol. The molecule has 0 aliphatic rings. The fourth-order valence-corrected chi connectivity index (χ4v) is 2.02. The molecular weight excluding hydrogens is 338 g/mol. The molecule has 0 aliphatic carbocycles. The molecule has 1 rings (SSSR count). The van der Waals surface area contributed by atoms with Crippen LogP contribution in [0.1, 0.15) is 18.9 Å². The Bertz CT molecular complexity index is 577. The van der Waals surface area contributed by atoms with E-state index in [1.54, 1.807) is 0 Å². The normalized spacial score (nSPS) is 11.5. The third-order valence-electron chi connectivity index (χ3n) is 3.36. The van der Waals surface area contributed by atoms with Crippen molar-refractivity contribution in [3.63, 3.8) is 0 Å². The molecule has 0 spiro atoms. The van der Waals surface area contributed by atoms with E-state index in [0.717, 1.165) is 18.5 Å². The van der Waals surface area contributed by atoms with E-state index in [9.17, 15) is 14.4 Å². The molecule has 8 nitrogen and oxygen atoms in total. The van der Waals surface area contributed by atoms with Crippen molar-refractivity contribution in [2.45, 2.75) is 26.0 Å². The zero-order chi connectivity index (χ0) is 19.4. The van der Waals surface area contributed by atoms with Crippen molar-refractivity contribution in [2.75, 3.05) is 33.8 Å². The van der Waals surface area contributed by atoms with Gasteiger partial charge in [-0.1, -0.05) is 30.3 Å². The van der Waals surface area contributed by atoms with Crippen LogP contribution in [0.15, 0.2) is 30.3 Å². The number of nitrogens with zero attached hydrogens (tertiary/aromatic N) is 1. The third-order valence-corrected chi connectivity index (χ3v) is 3.36. The van der Waals surface area contributed by atoms with E-state index in [4.69, 9.17) is 9.47 Å². The Kier molecular flexibility index (Phi) is 9.78. The van der Waals surface area contributed by atoms with Crippen molar-refractivity contribution < 1.29 is 23.9 Å². The second-order valence-corrected chi connectivity index (χ2v) is 6.01. The van der Waals surface area contributed by atoms with Crippen LogP contribution in [0.3, 0.4) is 0 Å². The first kappa shape index (κ1) is 21.4. The molecule has 8 heteroatoms. The molecule has 1 aromatic carbocycles. The number of carbonyl (C=O) groups excluding carboxylic acids is 3. The summed E-state index contributed by atoms with van der Waals surface area (Å²) in [7, 11) is 3.88. The van der Waals surface area contributed by atoms with Crippen LogP contribution in [0, 0.1) is 0 Å². The first-order valence-corrected chi connectivity index (χ1v) is 8.41. The van der Waals surface area contributed by atoms with E-state index in [1.165, 1.54) is 6.92 Å². The first-order chi connectivity index (χ1) is 12.4. The van der Waals surface area contributed by atoms with Crippen LogP contribution < -0.4 is 10.6 Å². The summed E-state index contributed by atoms with van der Waals surface area (Å²) in [6.45, 7) is 2.34. The number of nitrogens with one attached hydrogen (secondary N) is 2. The van der Waals surface area contributed by atoms with Gasteiger partial charge in [0.25, 0.3) is 0 Å². The molecule has 0 saturated heterocycles. The summed E-state index contributed by atoms with van der Waals surface area (Å²) in [5.74, 6) is -0.962. The van der Waals surface area contributed by atoms with E-state index in [0.29, 0.717) is 6.54 Å². The van der Waals surface area contributed by atoms with Gasteiger partial charge in [0.15, 0.2) is 0 Å². The molecule has 0 bridgehead atoms. The maximum Gasteiger partial charge on any atom is 0.408 e. The molecule has 0 aromatic heterocycles. The lowest BCUT2D eigenvalue weighted by atomic mass is 10.2. The Morgan fingerprint density at radius 3 is 2.42 bits per heavy atom. The zero-order valence-electron chi connectivity index (χ0n) is 15.5. The van der Waals surface area contributed by atoms with Gasteiger partial charge in [-0.3, -0.25) is 9.59 Å². The van der Waals surface area contributed by atoms with Gasteiger partial charge in [-0.05, 0) is 32.6 Å². The molecule has 144 valence electrons. The quantitative estimate of drug-likeness (QED) is 0.473. The molecular formula is C18H27N3O5. The van der Waals surface area contributed by atoms with E-state index in [1.807, 2.05) is 49.3 Å². The fourth-order valence-electron chi connectivity index (χ4n) is 2.02. The van der Waals surface area contributed by atoms with Crippen LogP contribution in [0.25, 0.3) is 0 Å². The maximum absolute atomic E-state index is 12.2. The van der Waals surface area contributed by atoms with Crippen molar-refractivity contribution in [1.82, 2.24) is 15.5 Å². The summed E-state index contributed by atoms with van der Waals surface area (Å²) in [4.78, 5) is 37.2. The average Bonchev–Trinajstić information content (AvgIpc) is 2.60. The minimum Gasteiger partial charge on any atom is -0.463 e. The summed E-state index contributed by atoms with van der Waals surface area (Å²) >= 11 is 0. The highest BCUT2D eigenvalue weighted by Gasteiger charge is 2.22. The standard InChI is InChI=1S/C18H27N3O5/c1-14(22)25-13-16(17(23)19-10-7-11-21(2)3)20-18(24)26-12-15-8-5-4-6-9-15/h4-6,8-9,16H,7,10-13H2,1-3H3,(H,19,23)(H,20,24)/t16-/m0/s1. The SMILES string of the molecule is CC(=O)OC[C@H](NC(=O)OCc1ccccc1)C(=O)NCCCN(C)C. The number of amides is 2. The van der Waals surface area contributed by atoms with Crippen molar-refractivity contribution in [1.29, 1.82) is 0 Å². The Morgan fingerprint density at radius 2 is 1.81 bits per heavy atom. The molecule has 0 saturated carbocycles. The van der Waals surface area contributed by atoms with E-state index < -0.39 is 24.0 Å². The van der Waals surface area contributed by atoms with Crippen LogP contribution in [-0.2, 0) is 25.7 Å². The van der Waals surface area contributed by atoms with Crippen molar-refractivity contribution in [3.8, 4) is 0 Å². The second kappa shape index (κ2) is 11.9. The number of rotatable bonds is 10. The predicted octanol–water partition coefficient (Wildman–Crippen LogP) is 0.912. The predicted molar refractivity (Wildman–Crippen MR) is 96.4 cm³/mol. The van der Waals surface area contributed by atoms with E-state index >= 15 is 0 Å². The molecule has 0 heterocycles. The molecule has 26 heavy (non-hydrogen) atoms. The van der Waals surface area contributed by atoms with Crippen LogP contribution >= 0.6 is 0 Å². The molecule has 0 radical (unpaired) electrons. The fraction of sp³-hybridized carbons (Fsp3) is 0.500. The van der Waals surface area contributed by atoms with Crippen LogP contribution in [-0.4, -0.2) is 62.7 Å². The largest absolute Gasteiger partial charge is 0.463 e. The monoisotopic (exact) mass is 365 g/mol. The van der Waals surface area contributed by atoms with Gasteiger partial charge in [0.2, 0.25) is 5.91 Å². The molecule has 0 unspecified atom stereocenters. The molecule has 1 aromatic rings. The lowest BCUT2D eigenvalue weighted by Gasteiger charge is -2.18. The summed E-state index contributed by atoms with van der Waals surface area (Å²) in [5, 5.41) is 5.15. The van der Waals surface area contributed by atoms with Gasteiger partial charge in [-0.15, -0.1) is 0 Å². The summed E-state index contributed by atoms with van der Waals surface area (Å²) in [6, 6.07) is 8.16. The number of alkyl carbamates (subject to hydrolysis) is 1. The molecule has 2 N–H and O–H groups in total. The minimum atomic E-state index is -1.01. The minimum absolute atomic E-state index is 0.0808. The van der Waals surface area contributed by atoms with E-state index in [2.05, 4.69) is 10.6 Å². The van der Waals surface area contributed by atoms with Gasteiger partial charge in [0.1, 0.15) is 19.3 Å².